The van der Waals surface area contributed by atoms with Crippen LogP contribution < -0.4 is 14.2 Å². The van der Waals surface area contributed by atoms with Crippen LogP contribution in [0.15, 0.2) is 152 Å². The summed E-state index contributed by atoms with van der Waals surface area (Å²) in [7, 11) is 0. The molecule has 0 saturated heterocycles. The molecular formula is C56H42O12. The van der Waals surface area contributed by atoms with Crippen molar-refractivity contribution < 1.29 is 60.2 Å². The topological polar surface area (TPSA) is 210 Å². The Bertz CT molecular complexity index is 3230. The molecule has 8 aromatic carbocycles. The first-order valence-electron chi connectivity index (χ1n) is 21.8. The minimum absolute atomic E-state index is 0.0400. The summed E-state index contributed by atoms with van der Waals surface area (Å²) in [6.07, 6.45) is 1.54. The molecule has 11 rings (SSSR count). The van der Waals surface area contributed by atoms with Gasteiger partial charge < -0.3 is 60.2 Å². The van der Waals surface area contributed by atoms with E-state index >= 15 is 0 Å². The summed E-state index contributed by atoms with van der Waals surface area (Å²) in [5.74, 6) is -1.44. The minimum Gasteiger partial charge on any atom is -0.508 e. The summed E-state index contributed by atoms with van der Waals surface area (Å²) in [4.78, 5) is 0. The SMILES string of the molecule is Oc1ccc(/C=C/c2c3c(cc4c2[C@@H](c2cc(O)cc(O)c2)[C@H](c2ccc(O)cc2)O4)O[C@H](c2ccc(O)cc2)C3c2cc3c(cc2O)O[C@@H](c2ccc(O)cc2)[C@@H]3c2cc(O)cc(O)c2)cc1. The van der Waals surface area contributed by atoms with E-state index in [-0.39, 0.29) is 51.7 Å². The summed E-state index contributed by atoms with van der Waals surface area (Å²) in [6.45, 7) is 0. The molecule has 0 fully saturated rings. The monoisotopic (exact) mass is 906 g/mol. The first-order chi connectivity index (χ1) is 32.8. The van der Waals surface area contributed by atoms with Crippen LogP contribution in [-0.2, 0) is 0 Å². The van der Waals surface area contributed by atoms with E-state index in [9.17, 15) is 46.0 Å². The molecule has 0 saturated carbocycles. The highest BCUT2D eigenvalue weighted by atomic mass is 16.5. The van der Waals surface area contributed by atoms with Crippen LogP contribution in [0.4, 0.5) is 0 Å². The Kier molecular flexibility index (Phi) is 9.96. The van der Waals surface area contributed by atoms with Gasteiger partial charge in [-0.1, -0.05) is 60.7 Å². The van der Waals surface area contributed by atoms with E-state index in [1.54, 1.807) is 133 Å². The molecule has 0 radical (unpaired) electrons. The average molecular weight is 907 g/mol. The molecule has 0 bridgehead atoms. The number of ether oxygens (including phenoxy) is 3. The van der Waals surface area contributed by atoms with Gasteiger partial charge in [0.1, 0.15) is 87.3 Å². The van der Waals surface area contributed by atoms with Gasteiger partial charge in [0.25, 0.3) is 0 Å². The molecule has 9 N–H and O–H groups in total. The first-order valence-corrected chi connectivity index (χ1v) is 21.8. The van der Waals surface area contributed by atoms with Gasteiger partial charge in [-0.15, -0.1) is 0 Å². The molecule has 0 spiro atoms. The number of aromatic hydroxyl groups is 9. The molecule has 1 unspecified atom stereocenters. The predicted molar refractivity (Wildman–Crippen MR) is 251 cm³/mol. The zero-order chi connectivity index (χ0) is 47.0. The third-order valence-corrected chi connectivity index (χ3v) is 13.1. The lowest BCUT2D eigenvalue weighted by Crippen LogP contribution is -2.14. The quantitative estimate of drug-likeness (QED) is 0.0652. The van der Waals surface area contributed by atoms with Crippen LogP contribution in [0.3, 0.4) is 0 Å². The smallest absolute Gasteiger partial charge is 0.135 e. The molecule has 12 nitrogen and oxygen atoms in total. The summed E-state index contributed by atoms with van der Waals surface area (Å²) in [5, 5.41) is 96.9. The van der Waals surface area contributed by atoms with Crippen molar-refractivity contribution >= 4 is 12.2 Å². The summed E-state index contributed by atoms with van der Waals surface area (Å²) >= 11 is 0. The second-order valence-corrected chi connectivity index (χ2v) is 17.4. The second-order valence-electron chi connectivity index (χ2n) is 17.4. The molecule has 6 atom stereocenters. The molecule has 3 aliphatic heterocycles. The molecule has 0 amide bonds. The molecule has 3 heterocycles. The maximum atomic E-state index is 12.4. The van der Waals surface area contributed by atoms with Gasteiger partial charge in [0.05, 0.1) is 17.8 Å². The second kappa shape index (κ2) is 16.2. The lowest BCUT2D eigenvalue weighted by Gasteiger charge is -2.25. The number of phenols is 9. The van der Waals surface area contributed by atoms with E-state index in [0.717, 1.165) is 5.56 Å². The zero-order valence-corrected chi connectivity index (χ0v) is 35.8. The molecule has 3 aliphatic rings. The molecule has 8 aromatic rings. The van der Waals surface area contributed by atoms with E-state index in [0.29, 0.717) is 72.9 Å². The third-order valence-electron chi connectivity index (χ3n) is 13.1. The number of fused-ring (bicyclic) bond motifs is 3. The Labute approximate surface area is 389 Å². The highest BCUT2D eigenvalue weighted by Crippen LogP contribution is 2.62. The van der Waals surface area contributed by atoms with Gasteiger partial charge in [0.15, 0.2) is 0 Å². The fourth-order valence-electron chi connectivity index (χ4n) is 10.1. The molecule has 338 valence electrons. The van der Waals surface area contributed by atoms with E-state index in [1.807, 2.05) is 18.2 Å². The summed E-state index contributed by atoms with van der Waals surface area (Å²) in [5.41, 5.74) is 6.88. The average Bonchev–Trinajstić information content (AvgIpc) is 4.00. The third kappa shape index (κ3) is 7.37. The van der Waals surface area contributed by atoms with Crippen molar-refractivity contribution in [3.05, 3.63) is 213 Å². The van der Waals surface area contributed by atoms with Gasteiger partial charge in [0, 0.05) is 46.5 Å². The van der Waals surface area contributed by atoms with Crippen molar-refractivity contribution in [2.45, 2.75) is 36.1 Å². The number of rotatable bonds is 8. The van der Waals surface area contributed by atoms with E-state index < -0.39 is 36.1 Å². The standard InChI is InChI=1S/C56H42O12/c57-34-10-1-28(2-11-34)3-18-42-51-47(67-55(30-6-14-36(59)15-7-30)50(51)33-21-40(63)24-41(64)22-33)27-48-52(42)53(56(68-48)31-8-16-37(60)17-9-31)43-25-44-46(26-45(43)65)66-54(29-4-12-35(58)13-5-29)49(44)32-19-38(61)23-39(62)20-32/h1-27,49-50,53-65H/b18-3+/t49-,50-,53?,54+,55+,56-/m1/s1. The van der Waals surface area contributed by atoms with Crippen LogP contribution in [0.1, 0.15) is 97.3 Å². The largest absolute Gasteiger partial charge is 0.508 e. The Morgan fingerprint density at radius 3 is 1.19 bits per heavy atom. The van der Waals surface area contributed by atoms with Crippen molar-refractivity contribution in [2.24, 2.45) is 0 Å². The molecule has 0 aromatic heterocycles. The number of hydrogen-bond acceptors (Lipinski definition) is 12. The van der Waals surface area contributed by atoms with Crippen LogP contribution in [0, 0.1) is 0 Å². The van der Waals surface area contributed by atoms with Gasteiger partial charge in [-0.05, 0) is 118 Å². The van der Waals surface area contributed by atoms with E-state index in [4.69, 9.17) is 14.2 Å². The van der Waals surface area contributed by atoms with Crippen LogP contribution in [0.2, 0.25) is 0 Å². The van der Waals surface area contributed by atoms with Crippen LogP contribution >= 0.6 is 0 Å². The molecule has 12 heteroatoms. The van der Waals surface area contributed by atoms with Gasteiger partial charge in [-0.3, -0.25) is 0 Å². The highest BCUT2D eigenvalue weighted by molar-refractivity contribution is 5.80. The lowest BCUT2D eigenvalue weighted by molar-refractivity contribution is 0.211. The molecule has 0 aliphatic carbocycles. The fraction of sp³-hybridized carbons (Fsp3) is 0.107. The van der Waals surface area contributed by atoms with Crippen LogP contribution in [0.5, 0.6) is 69.0 Å². The first kappa shape index (κ1) is 41.8. The maximum Gasteiger partial charge on any atom is 0.135 e. The van der Waals surface area contributed by atoms with Crippen molar-refractivity contribution in [1.82, 2.24) is 0 Å². The Morgan fingerprint density at radius 1 is 0.309 bits per heavy atom. The maximum absolute atomic E-state index is 12.4. The van der Waals surface area contributed by atoms with Crippen LogP contribution in [0.25, 0.3) is 12.2 Å². The normalized spacial score (nSPS) is 20.0. The van der Waals surface area contributed by atoms with Crippen molar-refractivity contribution in [3.63, 3.8) is 0 Å². The molecule has 68 heavy (non-hydrogen) atoms. The van der Waals surface area contributed by atoms with Gasteiger partial charge in [-0.2, -0.15) is 0 Å². The lowest BCUT2D eigenvalue weighted by atomic mass is 9.76. The van der Waals surface area contributed by atoms with Crippen LogP contribution in [-0.4, -0.2) is 46.0 Å². The van der Waals surface area contributed by atoms with E-state index in [2.05, 4.69) is 0 Å². The van der Waals surface area contributed by atoms with Crippen molar-refractivity contribution in [3.8, 4) is 69.0 Å². The highest BCUT2D eigenvalue weighted by Gasteiger charge is 2.47. The predicted octanol–water partition coefficient (Wildman–Crippen LogP) is 11.0. The molecular weight excluding hydrogens is 865 g/mol. The fourth-order valence-corrected chi connectivity index (χ4v) is 10.1. The van der Waals surface area contributed by atoms with Gasteiger partial charge in [-0.25, -0.2) is 0 Å². The number of phenolic OH excluding ortho intramolecular Hbond substituents is 9. The summed E-state index contributed by atoms with van der Waals surface area (Å²) < 4.78 is 20.5. The number of benzene rings is 8. The summed E-state index contributed by atoms with van der Waals surface area (Å²) in [6, 6.07) is 40.4. The van der Waals surface area contributed by atoms with Gasteiger partial charge >= 0.3 is 0 Å². The minimum atomic E-state index is -0.812. The van der Waals surface area contributed by atoms with Crippen molar-refractivity contribution in [1.29, 1.82) is 0 Å². The zero-order valence-electron chi connectivity index (χ0n) is 35.8. The Hall–Kier alpha value is -8.90. The Balaban J connectivity index is 1.17. The van der Waals surface area contributed by atoms with E-state index in [1.165, 1.54) is 12.1 Å². The van der Waals surface area contributed by atoms with Crippen molar-refractivity contribution in [2.75, 3.05) is 0 Å². The number of hydrogen-bond donors (Lipinski definition) is 9. The Morgan fingerprint density at radius 2 is 0.706 bits per heavy atom. The van der Waals surface area contributed by atoms with Gasteiger partial charge in [0.2, 0.25) is 0 Å².